The lowest BCUT2D eigenvalue weighted by molar-refractivity contribution is -0.137. The lowest BCUT2D eigenvalue weighted by Gasteiger charge is -2.05. The van der Waals surface area contributed by atoms with Crippen molar-refractivity contribution in [3.8, 4) is 0 Å². The molecule has 90 valence electrons. The topological polar surface area (TPSA) is 80.9 Å². The summed E-state index contributed by atoms with van der Waals surface area (Å²) >= 11 is 0. The maximum absolute atomic E-state index is 10.4. The van der Waals surface area contributed by atoms with Gasteiger partial charge in [-0.1, -0.05) is 13.8 Å². The van der Waals surface area contributed by atoms with Crippen LogP contribution in [0.15, 0.2) is 0 Å². The summed E-state index contributed by atoms with van der Waals surface area (Å²) in [5, 5.41) is 19.9. The normalized spacial score (nSPS) is 10.9. The van der Waals surface area contributed by atoms with Crippen LogP contribution in [0.5, 0.6) is 0 Å². The van der Waals surface area contributed by atoms with Gasteiger partial charge in [0.1, 0.15) is 0 Å². The second kappa shape index (κ2) is 6.19. The largest absolute Gasteiger partial charge is 0.481 e. The smallest absolute Gasteiger partial charge is 0.303 e. The molecule has 0 aliphatic rings. The van der Waals surface area contributed by atoms with Crippen LogP contribution in [-0.2, 0) is 17.8 Å². The number of aliphatic carboxylic acids is 1. The summed E-state index contributed by atoms with van der Waals surface area (Å²) in [5.41, 5.74) is 0. The minimum absolute atomic E-state index is 0.156. The van der Waals surface area contributed by atoms with Crippen molar-refractivity contribution in [1.82, 2.24) is 20.2 Å². The van der Waals surface area contributed by atoms with E-state index in [0.29, 0.717) is 18.9 Å². The minimum Gasteiger partial charge on any atom is -0.481 e. The first-order valence-electron chi connectivity index (χ1n) is 5.56. The number of carboxylic acids is 1. The standard InChI is InChI=1S/C10H18N4O2/c1-8(2)5-6-9-11-12-13-14(9)7-3-4-10(15)16/h8H,3-7H2,1-2H3,(H,15,16). The van der Waals surface area contributed by atoms with Crippen LogP contribution in [0.1, 0.15) is 38.9 Å². The van der Waals surface area contributed by atoms with Gasteiger partial charge in [0, 0.05) is 19.4 Å². The van der Waals surface area contributed by atoms with Crippen LogP contribution in [0.4, 0.5) is 0 Å². The Kier molecular flexibility index (Phi) is 4.88. The van der Waals surface area contributed by atoms with Crippen molar-refractivity contribution in [3.63, 3.8) is 0 Å². The van der Waals surface area contributed by atoms with Crippen LogP contribution in [-0.4, -0.2) is 31.3 Å². The molecule has 0 fully saturated rings. The maximum Gasteiger partial charge on any atom is 0.303 e. The highest BCUT2D eigenvalue weighted by Crippen LogP contribution is 2.06. The number of rotatable bonds is 7. The van der Waals surface area contributed by atoms with Gasteiger partial charge in [-0.25, -0.2) is 4.68 Å². The Hall–Kier alpha value is -1.46. The number of nitrogens with zero attached hydrogens (tertiary/aromatic N) is 4. The van der Waals surface area contributed by atoms with Crippen LogP contribution in [0.2, 0.25) is 0 Å². The molecular weight excluding hydrogens is 208 g/mol. The van der Waals surface area contributed by atoms with Crippen molar-refractivity contribution < 1.29 is 9.90 Å². The second-order valence-electron chi connectivity index (χ2n) is 4.25. The predicted molar refractivity (Wildman–Crippen MR) is 57.8 cm³/mol. The van der Waals surface area contributed by atoms with E-state index in [4.69, 9.17) is 5.11 Å². The van der Waals surface area contributed by atoms with Gasteiger partial charge in [0.25, 0.3) is 0 Å². The van der Waals surface area contributed by atoms with Crippen LogP contribution in [0, 0.1) is 5.92 Å². The third-order valence-corrected chi connectivity index (χ3v) is 2.31. The van der Waals surface area contributed by atoms with E-state index in [1.807, 2.05) is 0 Å². The monoisotopic (exact) mass is 226 g/mol. The van der Waals surface area contributed by atoms with Crippen molar-refractivity contribution in [3.05, 3.63) is 5.82 Å². The van der Waals surface area contributed by atoms with Crippen molar-refractivity contribution in [2.45, 2.75) is 46.1 Å². The molecule has 1 rings (SSSR count). The number of tetrazole rings is 1. The lowest BCUT2D eigenvalue weighted by Crippen LogP contribution is -2.08. The van der Waals surface area contributed by atoms with Gasteiger partial charge in [-0.05, 0) is 29.2 Å². The van der Waals surface area contributed by atoms with E-state index < -0.39 is 5.97 Å². The number of aromatic nitrogens is 4. The molecule has 0 unspecified atom stereocenters. The predicted octanol–water partition coefficient (Wildman–Crippen LogP) is 1.13. The Labute approximate surface area is 94.7 Å². The fourth-order valence-corrected chi connectivity index (χ4v) is 1.37. The summed E-state index contributed by atoms with van der Waals surface area (Å²) in [6.07, 6.45) is 2.61. The summed E-state index contributed by atoms with van der Waals surface area (Å²) in [4.78, 5) is 10.4. The van der Waals surface area contributed by atoms with Crippen molar-refractivity contribution in [2.24, 2.45) is 5.92 Å². The van der Waals surface area contributed by atoms with Gasteiger partial charge in [0.05, 0.1) is 0 Å². The van der Waals surface area contributed by atoms with Gasteiger partial charge in [-0.3, -0.25) is 4.79 Å². The molecule has 6 nitrogen and oxygen atoms in total. The van der Waals surface area contributed by atoms with E-state index in [-0.39, 0.29) is 6.42 Å². The summed E-state index contributed by atoms with van der Waals surface area (Å²) in [7, 11) is 0. The van der Waals surface area contributed by atoms with E-state index in [0.717, 1.165) is 18.7 Å². The molecule has 0 aliphatic heterocycles. The molecule has 0 atom stereocenters. The quantitative estimate of drug-likeness (QED) is 0.753. The first-order valence-corrected chi connectivity index (χ1v) is 5.56. The summed E-state index contributed by atoms with van der Waals surface area (Å²) in [6.45, 7) is 4.88. The number of aryl methyl sites for hydroxylation is 2. The first kappa shape index (κ1) is 12.6. The molecule has 0 aromatic carbocycles. The molecule has 1 aromatic rings. The average Bonchev–Trinajstić information content (AvgIpc) is 2.62. The fraction of sp³-hybridized carbons (Fsp3) is 0.800. The highest BCUT2D eigenvalue weighted by atomic mass is 16.4. The molecule has 0 saturated carbocycles. The zero-order chi connectivity index (χ0) is 12.0. The molecule has 0 radical (unpaired) electrons. The Morgan fingerprint density at radius 2 is 2.25 bits per heavy atom. The Balaban J connectivity index is 2.40. The van der Waals surface area contributed by atoms with E-state index in [2.05, 4.69) is 29.4 Å². The average molecular weight is 226 g/mol. The Bertz CT molecular complexity index is 335. The van der Waals surface area contributed by atoms with Gasteiger partial charge < -0.3 is 5.11 Å². The van der Waals surface area contributed by atoms with E-state index >= 15 is 0 Å². The number of hydrogen-bond acceptors (Lipinski definition) is 4. The SMILES string of the molecule is CC(C)CCc1nnnn1CCCC(=O)O. The third kappa shape index (κ3) is 4.37. The first-order chi connectivity index (χ1) is 7.59. The van der Waals surface area contributed by atoms with Gasteiger partial charge in [0.2, 0.25) is 0 Å². The van der Waals surface area contributed by atoms with Crippen LogP contribution < -0.4 is 0 Å². The Morgan fingerprint density at radius 1 is 1.50 bits per heavy atom. The molecule has 0 spiro atoms. The fourth-order valence-electron chi connectivity index (χ4n) is 1.37. The number of carbonyl (C=O) groups is 1. The number of carboxylic acid groups (broad SMARTS) is 1. The molecule has 16 heavy (non-hydrogen) atoms. The molecule has 1 aromatic heterocycles. The molecule has 0 saturated heterocycles. The second-order valence-corrected chi connectivity index (χ2v) is 4.25. The highest BCUT2D eigenvalue weighted by Gasteiger charge is 2.07. The summed E-state index contributed by atoms with van der Waals surface area (Å²) in [5.74, 6) is 0.681. The lowest BCUT2D eigenvalue weighted by atomic mass is 10.1. The van der Waals surface area contributed by atoms with Crippen molar-refractivity contribution in [2.75, 3.05) is 0 Å². The molecule has 1 heterocycles. The van der Waals surface area contributed by atoms with E-state index in [1.165, 1.54) is 0 Å². The van der Waals surface area contributed by atoms with Gasteiger partial charge in [-0.15, -0.1) is 5.10 Å². The van der Waals surface area contributed by atoms with Crippen LogP contribution >= 0.6 is 0 Å². The maximum atomic E-state index is 10.4. The molecule has 0 aliphatic carbocycles. The number of hydrogen-bond donors (Lipinski definition) is 1. The zero-order valence-electron chi connectivity index (χ0n) is 9.76. The van der Waals surface area contributed by atoms with E-state index in [9.17, 15) is 4.79 Å². The molecular formula is C10H18N4O2. The molecule has 1 N–H and O–H groups in total. The van der Waals surface area contributed by atoms with Gasteiger partial charge in [-0.2, -0.15) is 0 Å². The van der Waals surface area contributed by atoms with Gasteiger partial charge >= 0.3 is 5.97 Å². The van der Waals surface area contributed by atoms with Gasteiger partial charge in [0.15, 0.2) is 5.82 Å². The van der Waals surface area contributed by atoms with Crippen molar-refractivity contribution >= 4 is 5.97 Å². The van der Waals surface area contributed by atoms with E-state index in [1.54, 1.807) is 4.68 Å². The van der Waals surface area contributed by atoms with Crippen molar-refractivity contribution in [1.29, 1.82) is 0 Å². The summed E-state index contributed by atoms with van der Waals surface area (Å²) < 4.78 is 1.70. The van der Waals surface area contributed by atoms with Crippen LogP contribution in [0.25, 0.3) is 0 Å². The third-order valence-electron chi connectivity index (χ3n) is 2.31. The zero-order valence-corrected chi connectivity index (χ0v) is 9.76. The highest BCUT2D eigenvalue weighted by molar-refractivity contribution is 5.66. The molecule has 0 bridgehead atoms. The molecule has 0 amide bonds. The molecule has 6 heteroatoms. The minimum atomic E-state index is -0.781. The summed E-state index contributed by atoms with van der Waals surface area (Å²) in [6, 6.07) is 0. The van der Waals surface area contributed by atoms with Crippen LogP contribution in [0.3, 0.4) is 0 Å². The Morgan fingerprint density at radius 3 is 2.88 bits per heavy atom.